The van der Waals surface area contributed by atoms with Crippen LogP contribution in [0.3, 0.4) is 0 Å². The van der Waals surface area contributed by atoms with Gasteiger partial charge in [0.2, 0.25) is 0 Å². The molecule has 1 rings (SSSR count). The number of hydrogen-bond acceptors (Lipinski definition) is 3. The van der Waals surface area contributed by atoms with Gasteiger partial charge in [0, 0.05) is 12.2 Å². The molecule has 0 aromatic carbocycles. The fourth-order valence-corrected chi connectivity index (χ4v) is 1.69. The maximum atomic E-state index is 6.17. The monoisotopic (exact) mass is 250 g/mol. The van der Waals surface area contributed by atoms with Crippen molar-refractivity contribution in [2.75, 3.05) is 0 Å². The maximum absolute atomic E-state index is 6.17. The number of nitrogens with two attached hydrogens (primary N) is 1. The molecule has 2 N–H and O–H groups in total. The second-order valence-corrected chi connectivity index (χ2v) is 6.21. The van der Waals surface area contributed by atoms with Crippen LogP contribution in [0.2, 0.25) is 0 Å². The summed E-state index contributed by atoms with van der Waals surface area (Å²) in [6.07, 6.45) is 5.74. The van der Waals surface area contributed by atoms with Crippen LogP contribution in [0, 0.1) is 5.41 Å². The van der Waals surface area contributed by atoms with Gasteiger partial charge in [-0.15, -0.1) is 0 Å². The summed E-state index contributed by atoms with van der Waals surface area (Å²) in [5.74, 6) is 0.840. The Kier molecular flexibility index (Phi) is 5.15. The number of nitrogens with zero attached hydrogens (tertiary/aromatic N) is 1. The van der Waals surface area contributed by atoms with E-state index < -0.39 is 0 Å². The van der Waals surface area contributed by atoms with Crippen molar-refractivity contribution in [2.24, 2.45) is 11.1 Å². The van der Waals surface area contributed by atoms with E-state index in [2.05, 4.69) is 31.8 Å². The van der Waals surface area contributed by atoms with Gasteiger partial charge in [-0.3, -0.25) is 4.98 Å². The van der Waals surface area contributed by atoms with E-state index in [1.165, 1.54) is 5.56 Å². The van der Waals surface area contributed by atoms with E-state index in [0.29, 0.717) is 0 Å². The minimum atomic E-state index is 0.152. The Morgan fingerprint density at radius 2 is 1.94 bits per heavy atom. The van der Waals surface area contributed by atoms with E-state index in [-0.39, 0.29) is 17.6 Å². The molecule has 3 heteroatoms. The van der Waals surface area contributed by atoms with Gasteiger partial charge in [0.25, 0.3) is 0 Å². The van der Waals surface area contributed by atoms with Gasteiger partial charge in [0.1, 0.15) is 5.75 Å². The third-order valence-corrected chi connectivity index (χ3v) is 3.00. The molecule has 0 spiro atoms. The highest BCUT2D eigenvalue weighted by molar-refractivity contribution is 5.24. The second-order valence-electron chi connectivity index (χ2n) is 6.21. The predicted octanol–water partition coefficient (Wildman–Crippen LogP) is 3.17. The summed E-state index contributed by atoms with van der Waals surface area (Å²) in [5.41, 5.74) is 7.51. The Balaban J connectivity index is 2.57. The lowest BCUT2D eigenvalue weighted by molar-refractivity contribution is 0.241. The van der Waals surface area contributed by atoms with Gasteiger partial charge in [0.05, 0.1) is 12.3 Å². The van der Waals surface area contributed by atoms with Crippen molar-refractivity contribution < 1.29 is 4.74 Å². The molecule has 0 saturated heterocycles. The predicted molar refractivity (Wildman–Crippen MR) is 75.8 cm³/mol. The van der Waals surface area contributed by atoms with Crippen LogP contribution in [0.4, 0.5) is 0 Å². The Labute approximate surface area is 111 Å². The fourth-order valence-electron chi connectivity index (χ4n) is 1.69. The zero-order valence-electron chi connectivity index (χ0n) is 12.2. The van der Waals surface area contributed by atoms with E-state index in [1.54, 1.807) is 6.20 Å². The summed E-state index contributed by atoms with van der Waals surface area (Å²) in [6, 6.07) is 2.26. The third kappa shape index (κ3) is 5.05. The number of aryl methyl sites for hydroxylation is 1. The molecule has 0 fully saturated rings. The van der Waals surface area contributed by atoms with E-state index in [0.717, 1.165) is 18.6 Å². The Morgan fingerprint density at radius 3 is 2.50 bits per heavy atom. The molecule has 1 aromatic rings. The van der Waals surface area contributed by atoms with E-state index in [1.807, 2.05) is 20.0 Å². The quantitative estimate of drug-likeness (QED) is 0.873. The number of ether oxygens (including phenoxy) is 1. The first-order chi connectivity index (χ1) is 8.29. The topological polar surface area (TPSA) is 48.1 Å². The minimum Gasteiger partial charge on any atom is -0.489 e. The van der Waals surface area contributed by atoms with Crippen LogP contribution in [0.25, 0.3) is 0 Å². The van der Waals surface area contributed by atoms with Crippen molar-refractivity contribution in [2.45, 2.75) is 59.6 Å². The number of aromatic nitrogens is 1. The van der Waals surface area contributed by atoms with Crippen molar-refractivity contribution in [1.82, 2.24) is 4.98 Å². The van der Waals surface area contributed by atoms with Crippen molar-refractivity contribution in [3.8, 4) is 5.75 Å². The maximum Gasteiger partial charge on any atom is 0.138 e. The molecule has 102 valence electrons. The Hall–Kier alpha value is -1.09. The van der Waals surface area contributed by atoms with Crippen LogP contribution in [0.15, 0.2) is 18.5 Å². The highest BCUT2D eigenvalue weighted by Crippen LogP contribution is 2.22. The second kappa shape index (κ2) is 6.19. The first-order valence-corrected chi connectivity index (χ1v) is 6.65. The highest BCUT2D eigenvalue weighted by atomic mass is 16.5. The average Bonchev–Trinajstić information content (AvgIpc) is 2.24. The first kappa shape index (κ1) is 15.0. The number of rotatable bonds is 5. The number of hydrogen-bond donors (Lipinski definition) is 1. The normalized spacial score (nSPS) is 13.7. The molecule has 0 aliphatic carbocycles. The van der Waals surface area contributed by atoms with Gasteiger partial charge in [-0.1, -0.05) is 20.8 Å². The van der Waals surface area contributed by atoms with Crippen LogP contribution in [-0.2, 0) is 6.42 Å². The van der Waals surface area contributed by atoms with Gasteiger partial charge in [-0.05, 0) is 43.7 Å². The Morgan fingerprint density at radius 1 is 1.28 bits per heavy atom. The van der Waals surface area contributed by atoms with Crippen LogP contribution in [-0.4, -0.2) is 17.1 Å². The standard InChI is InChI=1S/C15H26N2O/c1-11(2)18-13-8-12(9-17-10-13)6-7-14(16)15(3,4)5/h8-11,14H,6-7,16H2,1-5H3. The lowest BCUT2D eigenvalue weighted by atomic mass is 9.84. The molecule has 0 aliphatic heterocycles. The molecular weight excluding hydrogens is 224 g/mol. The van der Waals surface area contributed by atoms with E-state index in [9.17, 15) is 0 Å². The molecule has 1 atom stereocenters. The molecule has 1 aromatic heterocycles. The zero-order chi connectivity index (χ0) is 13.8. The Bertz CT molecular complexity index is 369. The molecule has 0 aliphatic rings. The first-order valence-electron chi connectivity index (χ1n) is 6.65. The fraction of sp³-hybridized carbons (Fsp3) is 0.667. The SMILES string of the molecule is CC(C)Oc1cncc(CCC(N)C(C)(C)C)c1. The van der Waals surface area contributed by atoms with Crippen molar-refractivity contribution in [1.29, 1.82) is 0 Å². The van der Waals surface area contributed by atoms with Gasteiger partial charge in [-0.2, -0.15) is 0 Å². The molecule has 0 amide bonds. The molecule has 1 unspecified atom stereocenters. The summed E-state index contributed by atoms with van der Waals surface area (Å²) < 4.78 is 5.64. The summed E-state index contributed by atoms with van der Waals surface area (Å²) in [4.78, 5) is 4.21. The van der Waals surface area contributed by atoms with Crippen LogP contribution < -0.4 is 10.5 Å². The summed E-state index contributed by atoms with van der Waals surface area (Å²) in [6.45, 7) is 10.6. The summed E-state index contributed by atoms with van der Waals surface area (Å²) in [5, 5.41) is 0. The third-order valence-electron chi connectivity index (χ3n) is 3.00. The molecule has 0 radical (unpaired) electrons. The molecule has 0 saturated carbocycles. The molecule has 1 heterocycles. The van der Waals surface area contributed by atoms with Gasteiger partial charge in [-0.25, -0.2) is 0 Å². The largest absolute Gasteiger partial charge is 0.489 e. The van der Waals surface area contributed by atoms with Gasteiger partial charge < -0.3 is 10.5 Å². The van der Waals surface area contributed by atoms with E-state index >= 15 is 0 Å². The summed E-state index contributed by atoms with van der Waals surface area (Å²) >= 11 is 0. The zero-order valence-corrected chi connectivity index (χ0v) is 12.2. The summed E-state index contributed by atoms with van der Waals surface area (Å²) in [7, 11) is 0. The lowest BCUT2D eigenvalue weighted by Gasteiger charge is -2.27. The number of pyridine rings is 1. The van der Waals surface area contributed by atoms with Gasteiger partial charge in [0.15, 0.2) is 0 Å². The minimum absolute atomic E-state index is 0.152. The van der Waals surface area contributed by atoms with Crippen molar-refractivity contribution in [3.05, 3.63) is 24.0 Å². The highest BCUT2D eigenvalue weighted by Gasteiger charge is 2.20. The van der Waals surface area contributed by atoms with Crippen LogP contribution in [0.5, 0.6) is 5.75 Å². The molecular formula is C15H26N2O. The van der Waals surface area contributed by atoms with Gasteiger partial charge >= 0.3 is 0 Å². The molecule has 18 heavy (non-hydrogen) atoms. The molecule has 3 nitrogen and oxygen atoms in total. The lowest BCUT2D eigenvalue weighted by Crippen LogP contribution is -2.35. The van der Waals surface area contributed by atoms with Crippen molar-refractivity contribution in [3.63, 3.8) is 0 Å². The van der Waals surface area contributed by atoms with Crippen LogP contribution in [0.1, 0.15) is 46.6 Å². The smallest absolute Gasteiger partial charge is 0.138 e. The average molecular weight is 250 g/mol. The van der Waals surface area contributed by atoms with E-state index in [4.69, 9.17) is 10.5 Å². The van der Waals surface area contributed by atoms with Crippen molar-refractivity contribution >= 4 is 0 Å². The van der Waals surface area contributed by atoms with Crippen LogP contribution >= 0.6 is 0 Å². The molecule has 0 bridgehead atoms.